The summed E-state index contributed by atoms with van der Waals surface area (Å²) in [6.45, 7) is -1.29. The molecule has 0 aromatic carbocycles. The van der Waals surface area contributed by atoms with Gasteiger partial charge in [-0.2, -0.15) is 8.62 Å². The van der Waals surface area contributed by atoms with Crippen molar-refractivity contribution in [2.45, 2.75) is 24.9 Å². The number of nitrogens with one attached hydrogen (secondary N) is 1. The van der Waals surface area contributed by atoms with Crippen LogP contribution in [0.25, 0.3) is 0 Å². The van der Waals surface area contributed by atoms with Crippen molar-refractivity contribution in [3.63, 3.8) is 0 Å². The minimum absolute atomic E-state index is 0.0411. The largest absolute Gasteiger partial charge is 0.490 e. The summed E-state index contributed by atoms with van der Waals surface area (Å²) >= 11 is 4.95. The average molecular weight is 510 g/mol. The summed E-state index contributed by atoms with van der Waals surface area (Å²) in [7, 11) is -16.8. The Morgan fingerprint density at radius 1 is 1.33 bits per heavy atom. The van der Waals surface area contributed by atoms with Gasteiger partial charge in [0.1, 0.15) is 18.4 Å². The van der Waals surface area contributed by atoms with Crippen molar-refractivity contribution in [3.8, 4) is 12.3 Å². The summed E-state index contributed by atoms with van der Waals surface area (Å²) in [4.78, 5) is 49.2. The zero-order chi connectivity index (χ0) is 23.0. The lowest BCUT2D eigenvalue weighted by Gasteiger charge is -2.23. The van der Waals surface area contributed by atoms with Gasteiger partial charge in [-0.3, -0.25) is 18.9 Å². The van der Waals surface area contributed by atoms with E-state index in [0.717, 1.165) is 10.8 Å². The third kappa shape index (κ3) is 7.00. The fraction of sp³-hybridized carbons (Fsp3) is 0.455. The molecule has 1 aliphatic heterocycles. The van der Waals surface area contributed by atoms with E-state index >= 15 is 0 Å². The normalized spacial score (nSPS) is 25.9. The number of nitrogens with zero attached hydrogens (tertiary/aromatic N) is 1. The fourth-order valence-electron chi connectivity index (χ4n) is 2.29. The van der Waals surface area contributed by atoms with Gasteiger partial charge < -0.3 is 24.3 Å². The van der Waals surface area contributed by atoms with Crippen LogP contribution in [-0.2, 0) is 31.6 Å². The third-order valence-corrected chi connectivity index (χ3v) is 7.50. The lowest BCUT2D eigenvalue weighted by Crippen LogP contribution is -2.29. The Morgan fingerprint density at radius 3 is 2.53 bits per heavy atom. The molecule has 0 bridgehead atoms. The molecule has 168 valence electrons. The highest BCUT2D eigenvalue weighted by molar-refractivity contribution is 7.71. The Labute approximate surface area is 172 Å². The SMILES string of the molecule is C#Cc1cn([C@H]2CC[C@@](F)(COP(=O)(O)OP(=O)(O)OP(=O)(O)O)O2)c(=S)[nH]c1=O. The molecule has 2 unspecified atom stereocenters. The Bertz CT molecular complexity index is 1120. The van der Waals surface area contributed by atoms with Gasteiger partial charge >= 0.3 is 23.5 Å². The van der Waals surface area contributed by atoms with Crippen LogP contribution >= 0.6 is 35.7 Å². The van der Waals surface area contributed by atoms with E-state index in [1.807, 2.05) is 0 Å². The average Bonchev–Trinajstić information content (AvgIpc) is 2.93. The second-order valence-corrected chi connectivity index (χ2v) is 10.5. The van der Waals surface area contributed by atoms with Gasteiger partial charge in [0.25, 0.3) is 5.56 Å². The van der Waals surface area contributed by atoms with E-state index in [1.54, 1.807) is 0 Å². The van der Waals surface area contributed by atoms with E-state index in [1.165, 1.54) is 0 Å². The van der Waals surface area contributed by atoms with Gasteiger partial charge in [0, 0.05) is 12.6 Å². The third-order valence-electron chi connectivity index (χ3n) is 3.40. The number of phosphoric ester groups is 1. The number of hydrogen-bond donors (Lipinski definition) is 5. The van der Waals surface area contributed by atoms with E-state index in [0.29, 0.717) is 0 Å². The van der Waals surface area contributed by atoms with E-state index in [4.69, 9.17) is 38.1 Å². The van der Waals surface area contributed by atoms with Gasteiger partial charge in [-0.1, -0.05) is 5.92 Å². The molecular formula is C11H14FN2O12P3S. The minimum atomic E-state index is -5.73. The van der Waals surface area contributed by atoms with Crippen LogP contribution in [0.15, 0.2) is 11.0 Å². The molecule has 1 aliphatic rings. The number of alkyl halides is 1. The van der Waals surface area contributed by atoms with E-state index in [2.05, 4.69) is 24.0 Å². The lowest BCUT2D eigenvalue weighted by molar-refractivity contribution is -0.174. The maximum atomic E-state index is 14.8. The summed E-state index contributed by atoms with van der Waals surface area (Å²) < 4.78 is 65.7. The zero-order valence-corrected chi connectivity index (χ0v) is 18.0. The van der Waals surface area contributed by atoms with Gasteiger partial charge in [0.15, 0.2) is 4.77 Å². The summed E-state index contributed by atoms with van der Waals surface area (Å²) in [6.07, 6.45) is 4.80. The molecule has 5 N–H and O–H groups in total. The molecule has 0 aliphatic carbocycles. The zero-order valence-electron chi connectivity index (χ0n) is 14.5. The molecule has 0 amide bonds. The monoisotopic (exact) mass is 510 g/mol. The van der Waals surface area contributed by atoms with Crippen molar-refractivity contribution < 1.29 is 55.5 Å². The first-order chi connectivity index (χ1) is 13.5. The van der Waals surface area contributed by atoms with Crippen molar-refractivity contribution in [3.05, 3.63) is 26.9 Å². The Morgan fingerprint density at radius 2 is 1.97 bits per heavy atom. The molecule has 1 aromatic rings. The molecular weight excluding hydrogens is 496 g/mol. The van der Waals surface area contributed by atoms with Gasteiger partial charge in [-0.25, -0.2) is 18.1 Å². The van der Waals surface area contributed by atoms with Crippen LogP contribution in [0.4, 0.5) is 4.39 Å². The highest BCUT2D eigenvalue weighted by Gasteiger charge is 2.46. The van der Waals surface area contributed by atoms with E-state index in [9.17, 15) is 27.8 Å². The standard InChI is InChI=1S/C11H14FN2O12P3S/c1-2-7-5-14(10(30)13-9(7)15)8-3-4-11(12,24-8)6-23-28(19,20)26-29(21,22)25-27(16,17)18/h1,5,8H,3-4,6H2,(H,19,20)(H,21,22)(H,13,15,30)(H2,16,17,18)/t8-,11+/m1/s1. The van der Waals surface area contributed by atoms with Crippen LogP contribution in [0.5, 0.6) is 0 Å². The predicted octanol–water partition coefficient (Wildman–Crippen LogP) is 1.21. The summed E-state index contributed by atoms with van der Waals surface area (Å²) in [5.41, 5.74) is -0.757. The van der Waals surface area contributed by atoms with Crippen LogP contribution in [0.1, 0.15) is 24.6 Å². The number of rotatable bonds is 8. The molecule has 0 radical (unpaired) electrons. The highest BCUT2D eigenvalue weighted by atomic mass is 32.1. The predicted molar refractivity (Wildman–Crippen MR) is 96.8 cm³/mol. The number of hydrogen-bond acceptors (Lipinski definition) is 9. The van der Waals surface area contributed by atoms with Crippen LogP contribution in [-0.4, -0.2) is 41.6 Å². The maximum absolute atomic E-state index is 14.8. The van der Waals surface area contributed by atoms with Crippen LogP contribution in [0.3, 0.4) is 0 Å². The van der Waals surface area contributed by atoms with Crippen molar-refractivity contribution in [1.29, 1.82) is 0 Å². The fourth-order valence-corrected chi connectivity index (χ4v) is 5.60. The van der Waals surface area contributed by atoms with Crippen LogP contribution in [0.2, 0.25) is 0 Å². The maximum Gasteiger partial charge on any atom is 0.490 e. The summed E-state index contributed by atoms with van der Waals surface area (Å²) in [5.74, 6) is -0.596. The number of ether oxygens (including phenoxy) is 1. The Kier molecular flexibility index (Phi) is 7.43. The van der Waals surface area contributed by atoms with E-state index < -0.39 is 54.1 Å². The molecule has 1 saturated heterocycles. The highest BCUT2D eigenvalue weighted by Crippen LogP contribution is 2.66. The molecule has 2 heterocycles. The van der Waals surface area contributed by atoms with Gasteiger partial charge in [-0.05, 0) is 18.6 Å². The number of phosphoric acid groups is 3. The molecule has 30 heavy (non-hydrogen) atoms. The molecule has 4 atom stereocenters. The summed E-state index contributed by atoms with van der Waals surface area (Å²) in [6, 6.07) is 0. The molecule has 0 saturated carbocycles. The quantitative estimate of drug-likeness (QED) is 0.190. The number of H-pyrrole nitrogens is 1. The van der Waals surface area contributed by atoms with Crippen molar-refractivity contribution in [2.75, 3.05) is 6.61 Å². The molecule has 1 fully saturated rings. The van der Waals surface area contributed by atoms with Crippen molar-refractivity contribution >= 4 is 35.7 Å². The van der Waals surface area contributed by atoms with Crippen molar-refractivity contribution in [1.82, 2.24) is 9.55 Å². The van der Waals surface area contributed by atoms with Crippen LogP contribution < -0.4 is 5.56 Å². The topological polar surface area (TPSA) is 207 Å². The molecule has 14 nitrogen and oxygen atoms in total. The molecule has 2 rings (SSSR count). The first-order valence-corrected chi connectivity index (χ1v) is 12.4. The molecule has 0 spiro atoms. The van der Waals surface area contributed by atoms with Crippen LogP contribution in [0, 0.1) is 17.1 Å². The molecule has 19 heteroatoms. The van der Waals surface area contributed by atoms with Gasteiger partial charge in [0.2, 0.25) is 5.85 Å². The smallest absolute Gasteiger partial charge is 0.320 e. The number of terminal acetylenes is 1. The first kappa shape index (κ1) is 25.2. The summed E-state index contributed by atoms with van der Waals surface area (Å²) in [5, 5.41) is 0. The second-order valence-electron chi connectivity index (χ2n) is 5.71. The Hall–Kier alpha value is -1.04. The second kappa shape index (κ2) is 8.84. The van der Waals surface area contributed by atoms with Gasteiger partial charge in [-0.15, -0.1) is 6.42 Å². The number of aromatic nitrogens is 2. The minimum Gasteiger partial charge on any atom is -0.320 e. The lowest BCUT2D eigenvalue weighted by atomic mass is 10.2. The molecule has 1 aromatic heterocycles. The van der Waals surface area contributed by atoms with E-state index in [-0.39, 0.29) is 16.8 Å². The number of aromatic amines is 1. The van der Waals surface area contributed by atoms with Crippen molar-refractivity contribution in [2.24, 2.45) is 0 Å². The Balaban J connectivity index is 2.07. The van der Waals surface area contributed by atoms with Gasteiger partial charge in [0.05, 0.1) is 0 Å². The number of halogens is 1. The first-order valence-electron chi connectivity index (χ1n) is 7.52.